The highest BCUT2D eigenvalue weighted by molar-refractivity contribution is 5.30. The van der Waals surface area contributed by atoms with E-state index in [-0.39, 0.29) is 0 Å². The second-order valence-electron chi connectivity index (χ2n) is 4.02. The molecule has 12 heavy (non-hydrogen) atoms. The summed E-state index contributed by atoms with van der Waals surface area (Å²) in [6, 6.07) is 0. The summed E-state index contributed by atoms with van der Waals surface area (Å²) in [6.45, 7) is 4.57. The Balaban J connectivity index is 2.23. The van der Waals surface area contributed by atoms with Crippen molar-refractivity contribution in [3.63, 3.8) is 0 Å². The normalized spacial score (nSPS) is 41.5. The van der Waals surface area contributed by atoms with Gasteiger partial charge in [-0.1, -0.05) is 37.6 Å². The SMILES string of the molecule is CC/C=C1\C2C=CC(C2)C1CC. The molecule has 0 spiro atoms. The third kappa shape index (κ3) is 1.05. The molecule has 0 aromatic rings. The molecular formula is C12H18. The summed E-state index contributed by atoms with van der Waals surface area (Å²) in [5.41, 5.74) is 1.74. The molecule has 0 saturated heterocycles. The molecule has 0 amide bonds. The lowest BCUT2D eigenvalue weighted by Gasteiger charge is -2.19. The highest BCUT2D eigenvalue weighted by atomic mass is 14.4. The van der Waals surface area contributed by atoms with Gasteiger partial charge in [-0.25, -0.2) is 0 Å². The molecule has 0 aromatic carbocycles. The fourth-order valence-electron chi connectivity index (χ4n) is 2.87. The molecule has 2 aliphatic rings. The third-order valence-corrected chi connectivity index (χ3v) is 3.37. The summed E-state index contributed by atoms with van der Waals surface area (Å²) >= 11 is 0. The molecule has 3 atom stereocenters. The molecule has 1 fully saturated rings. The zero-order valence-corrected chi connectivity index (χ0v) is 8.09. The first kappa shape index (κ1) is 8.10. The van der Waals surface area contributed by atoms with Crippen LogP contribution in [0, 0.1) is 17.8 Å². The molecule has 0 heterocycles. The molecule has 0 N–H and O–H groups in total. The summed E-state index contributed by atoms with van der Waals surface area (Å²) in [5.74, 6) is 2.60. The van der Waals surface area contributed by atoms with Crippen LogP contribution in [0.25, 0.3) is 0 Å². The number of hydrogen-bond acceptors (Lipinski definition) is 0. The summed E-state index contributed by atoms with van der Waals surface area (Å²) in [6.07, 6.45) is 11.3. The standard InChI is InChI=1S/C12H18/c1-3-5-12-10-7-6-9(8-10)11(12)4-2/h5-7,9-11H,3-4,8H2,1-2H3/b12-5+. The molecule has 0 aromatic heterocycles. The highest BCUT2D eigenvalue weighted by Gasteiger charge is 2.38. The van der Waals surface area contributed by atoms with Crippen LogP contribution in [-0.2, 0) is 0 Å². The topological polar surface area (TPSA) is 0 Å². The smallest absolute Gasteiger partial charge is 0.00144 e. The van der Waals surface area contributed by atoms with Crippen molar-refractivity contribution in [3.05, 3.63) is 23.8 Å². The molecule has 2 bridgehead atoms. The zero-order chi connectivity index (χ0) is 8.55. The van der Waals surface area contributed by atoms with Gasteiger partial charge in [0.2, 0.25) is 0 Å². The van der Waals surface area contributed by atoms with Crippen molar-refractivity contribution in [2.45, 2.75) is 33.1 Å². The Morgan fingerprint density at radius 3 is 2.92 bits per heavy atom. The molecule has 66 valence electrons. The van der Waals surface area contributed by atoms with E-state index < -0.39 is 0 Å². The van der Waals surface area contributed by atoms with Crippen molar-refractivity contribution in [1.29, 1.82) is 0 Å². The lowest BCUT2D eigenvalue weighted by Crippen LogP contribution is -2.08. The van der Waals surface area contributed by atoms with Crippen LogP contribution < -0.4 is 0 Å². The van der Waals surface area contributed by atoms with E-state index in [0.717, 1.165) is 17.8 Å². The molecule has 1 saturated carbocycles. The summed E-state index contributed by atoms with van der Waals surface area (Å²) < 4.78 is 0. The fraction of sp³-hybridized carbons (Fsp3) is 0.667. The van der Waals surface area contributed by atoms with E-state index in [4.69, 9.17) is 0 Å². The van der Waals surface area contributed by atoms with Crippen molar-refractivity contribution in [2.75, 3.05) is 0 Å². The highest BCUT2D eigenvalue weighted by Crippen LogP contribution is 2.48. The van der Waals surface area contributed by atoms with Crippen LogP contribution in [0.1, 0.15) is 33.1 Å². The monoisotopic (exact) mass is 162 g/mol. The Morgan fingerprint density at radius 1 is 1.42 bits per heavy atom. The van der Waals surface area contributed by atoms with Crippen molar-refractivity contribution < 1.29 is 0 Å². The Kier molecular flexibility index (Phi) is 2.08. The molecule has 0 heteroatoms. The van der Waals surface area contributed by atoms with Gasteiger partial charge >= 0.3 is 0 Å². The first-order valence-electron chi connectivity index (χ1n) is 5.25. The zero-order valence-electron chi connectivity index (χ0n) is 8.09. The van der Waals surface area contributed by atoms with E-state index in [2.05, 4.69) is 32.1 Å². The van der Waals surface area contributed by atoms with Crippen LogP contribution >= 0.6 is 0 Å². The molecular weight excluding hydrogens is 144 g/mol. The van der Waals surface area contributed by atoms with Gasteiger partial charge in [0.1, 0.15) is 0 Å². The fourth-order valence-corrected chi connectivity index (χ4v) is 2.87. The van der Waals surface area contributed by atoms with Gasteiger partial charge in [0.05, 0.1) is 0 Å². The second-order valence-corrected chi connectivity index (χ2v) is 4.02. The maximum absolute atomic E-state index is 2.46. The van der Waals surface area contributed by atoms with Crippen LogP contribution in [0.5, 0.6) is 0 Å². The molecule has 0 radical (unpaired) electrons. The maximum atomic E-state index is 2.46. The minimum atomic E-state index is 0.819. The molecule has 0 nitrogen and oxygen atoms in total. The van der Waals surface area contributed by atoms with Gasteiger partial charge < -0.3 is 0 Å². The van der Waals surface area contributed by atoms with E-state index in [1.807, 2.05) is 0 Å². The third-order valence-electron chi connectivity index (χ3n) is 3.37. The number of fused-ring (bicyclic) bond motifs is 2. The second kappa shape index (κ2) is 3.08. The van der Waals surface area contributed by atoms with Gasteiger partial charge in [0.15, 0.2) is 0 Å². The van der Waals surface area contributed by atoms with E-state index in [0.29, 0.717) is 0 Å². The Bertz CT molecular complexity index is 222. The van der Waals surface area contributed by atoms with Gasteiger partial charge in [-0.05, 0) is 37.0 Å². The minimum Gasteiger partial charge on any atom is -0.0847 e. The van der Waals surface area contributed by atoms with E-state index in [9.17, 15) is 0 Å². The first-order valence-corrected chi connectivity index (χ1v) is 5.25. The number of hydrogen-bond donors (Lipinski definition) is 0. The van der Waals surface area contributed by atoms with Crippen LogP contribution in [0.2, 0.25) is 0 Å². The lowest BCUT2D eigenvalue weighted by atomic mass is 9.86. The average Bonchev–Trinajstić information content (AvgIpc) is 2.64. The van der Waals surface area contributed by atoms with Gasteiger partial charge in [-0.2, -0.15) is 0 Å². The molecule has 2 aliphatic carbocycles. The quantitative estimate of drug-likeness (QED) is 0.545. The Labute approximate surface area is 75.4 Å². The average molecular weight is 162 g/mol. The minimum absolute atomic E-state index is 0.819. The Hall–Kier alpha value is -0.520. The molecule has 2 rings (SSSR count). The van der Waals surface area contributed by atoms with E-state index in [1.54, 1.807) is 5.57 Å². The van der Waals surface area contributed by atoms with Crippen molar-refractivity contribution in [1.82, 2.24) is 0 Å². The predicted molar refractivity (Wildman–Crippen MR) is 52.9 cm³/mol. The predicted octanol–water partition coefficient (Wildman–Crippen LogP) is 3.55. The van der Waals surface area contributed by atoms with E-state index in [1.165, 1.54) is 19.3 Å². The van der Waals surface area contributed by atoms with Gasteiger partial charge in [-0.15, -0.1) is 0 Å². The van der Waals surface area contributed by atoms with Gasteiger partial charge in [0, 0.05) is 0 Å². The van der Waals surface area contributed by atoms with Crippen LogP contribution in [0.4, 0.5) is 0 Å². The largest absolute Gasteiger partial charge is 0.0847 e. The van der Waals surface area contributed by atoms with Gasteiger partial charge in [0.25, 0.3) is 0 Å². The van der Waals surface area contributed by atoms with Crippen LogP contribution in [-0.4, -0.2) is 0 Å². The molecule has 0 aliphatic heterocycles. The summed E-state index contributed by atoms with van der Waals surface area (Å²) in [5, 5.41) is 0. The van der Waals surface area contributed by atoms with Crippen molar-refractivity contribution >= 4 is 0 Å². The van der Waals surface area contributed by atoms with Crippen LogP contribution in [0.15, 0.2) is 23.8 Å². The maximum Gasteiger partial charge on any atom is -0.00144 e. The summed E-state index contributed by atoms with van der Waals surface area (Å²) in [4.78, 5) is 0. The van der Waals surface area contributed by atoms with Crippen LogP contribution in [0.3, 0.4) is 0 Å². The first-order chi connectivity index (χ1) is 5.86. The lowest BCUT2D eigenvalue weighted by molar-refractivity contribution is 0.496. The van der Waals surface area contributed by atoms with Gasteiger partial charge in [-0.3, -0.25) is 0 Å². The molecule has 3 unspecified atom stereocenters. The van der Waals surface area contributed by atoms with E-state index >= 15 is 0 Å². The summed E-state index contributed by atoms with van der Waals surface area (Å²) in [7, 11) is 0. The number of allylic oxidation sites excluding steroid dienone is 4. The van der Waals surface area contributed by atoms with Crippen molar-refractivity contribution in [2.24, 2.45) is 17.8 Å². The number of rotatable bonds is 2. The Morgan fingerprint density at radius 2 is 2.25 bits per heavy atom. The van der Waals surface area contributed by atoms with Crippen molar-refractivity contribution in [3.8, 4) is 0 Å².